The minimum Gasteiger partial charge on any atom is -0.493 e. The van der Waals surface area contributed by atoms with Gasteiger partial charge in [-0.2, -0.15) is 5.10 Å². The van der Waals surface area contributed by atoms with Crippen LogP contribution in [-0.2, 0) is 6.54 Å². The summed E-state index contributed by atoms with van der Waals surface area (Å²) in [6, 6.07) is 15.0. The first-order chi connectivity index (χ1) is 12.6. The summed E-state index contributed by atoms with van der Waals surface area (Å²) in [5.74, 6) is 1.32. The van der Waals surface area contributed by atoms with Gasteiger partial charge >= 0.3 is 0 Å². The van der Waals surface area contributed by atoms with E-state index in [0.717, 1.165) is 5.56 Å². The molecule has 3 aromatic rings. The highest BCUT2D eigenvalue weighted by molar-refractivity contribution is 6.04. The minimum atomic E-state index is -0.258. The second-order valence-corrected chi connectivity index (χ2v) is 5.91. The fourth-order valence-electron chi connectivity index (χ4n) is 2.68. The first kappa shape index (κ1) is 17.5. The van der Waals surface area contributed by atoms with Gasteiger partial charge in [-0.05, 0) is 30.7 Å². The first-order valence-corrected chi connectivity index (χ1v) is 8.21. The molecule has 0 fully saturated rings. The highest BCUT2D eigenvalue weighted by Gasteiger charge is 2.12. The Balaban J connectivity index is 1.69. The van der Waals surface area contributed by atoms with Gasteiger partial charge in [0, 0.05) is 17.8 Å². The lowest BCUT2D eigenvalue weighted by Gasteiger charge is -2.09. The van der Waals surface area contributed by atoms with Crippen LogP contribution >= 0.6 is 0 Å². The van der Waals surface area contributed by atoms with E-state index in [-0.39, 0.29) is 5.91 Å². The van der Waals surface area contributed by atoms with Gasteiger partial charge in [-0.15, -0.1) is 0 Å². The molecular formula is C20H21N3O3. The third-order valence-corrected chi connectivity index (χ3v) is 3.96. The minimum absolute atomic E-state index is 0.258. The number of rotatable bonds is 6. The van der Waals surface area contributed by atoms with Crippen LogP contribution in [0.25, 0.3) is 0 Å². The van der Waals surface area contributed by atoms with E-state index in [4.69, 9.17) is 9.47 Å². The van der Waals surface area contributed by atoms with Crippen molar-refractivity contribution in [1.82, 2.24) is 9.78 Å². The Labute approximate surface area is 152 Å². The summed E-state index contributed by atoms with van der Waals surface area (Å²) in [5, 5.41) is 7.20. The van der Waals surface area contributed by atoms with Gasteiger partial charge in [-0.25, -0.2) is 0 Å². The molecule has 134 valence electrons. The van der Waals surface area contributed by atoms with E-state index in [0.29, 0.717) is 29.4 Å². The Morgan fingerprint density at radius 2 is 1.88 bits per heavy atom. The smallest absolute Gasteiger partial charge is 0.257 e. The molecular weight excluding hydrogens is 330 g/mol. The molecule has 1 aromatic heterocycles. The fourth-order valence-corrected chi connectivity index (χ4v) is 2.68. The van der Waals surface area contributed by atoms with Crippen molar-refractivity contribution < 1.29 is 14.3 Å². The van der Waals surface area contributed by atoms with E-state index >= 15 is 0 Å². The maximum Gasteiger partial charge on any atom is 0.257 e. The monoisotopic (exact) mass is 351 g/mol. The van der Waals surface area contributed by atoms with Crippen molar-refractivity contribution in [3.05, 3.63) is 71.4 Å². The maximum atomic E-state index is 12.4. The Bertz CT molecular complexity index is 918. The molecule has 0 radical (unpaired) electrons. The SMILES string of the molecule is COc1ccc(C(=O)Nc2ccn(Cc3cccc(C)c3)n2)cc1OC. The van der Waals surface area contributed by atoms with Gasteiger partial charge in [0.2, 0.25) is 0 Å². The molecule has 1 N–H and O–H groups in total. The molecule has 3 rings (SSSR count). The summed E-state index contributed by atoms with van der Waals surface area (Å²) < 4.78 is 12.2. The zero-order valence-corrected chi connectivity index (χ0v) is 15.0. The molecule has 1 heterocycles. The van der Waals surface area contributed by atoms with Crippen molar-refractivity contribution in [2.24, 2.45) is 0 Å². The number of methoxy groups -OCH3 is 2. The highest BCUT2D eigenvalue weighted by atomic mass is 16.5. The third-order valence-electron chi connectivity index (χ3n) is 3.96. The maximum absolute atomic E-state index is 12.4. The van der Waals surface area contributed by atoms with Gasteiger partial charge in [0.15, 0.2) is 17.3 Å². The van der Waals surface area contributed by atoms with Crippen molar-refractivity contribution in [3.8, 4) is 11.5 Å². The number of amides is 1. The normalized spacial score (nSPS) is 10.4. The second-order valence-electron chi connectivity index (χ2n) is 5.91. The number of aryl methyl sites for hydroxylation is 1. The number of nitrogens with one attached hydrogen (secondary N) is 1. The van der Waals surface area contributed by atoms with Gasteiger partial charge in [-0.3, -0.25) is 9.48 Å². The molecule has 0 aliphatic rings. The van der Waals surface area contributed by atoms with Crippen LogP contribution in [0.4, 0.5) is 5.82 Å². The molecule has 26 heavy (non-hydrogen) atoms. The van der Waals surface area contributed by atoms with Crippen LogP contribution in [0.3, 0.4) is 0 Å². The summed E-state index contributed by atoms with van der Waals surface area (Å²) in [4.78, 5) is 12.4. The third kappa shape index (κ3) is 4.03. The molecule has 2 aromatic carbocycles. The van der Waals surface area contributed by atoms with Crippen molar-refractivity contribution in [2.45, 2.75) is 13.5 Å². The summed E-state index contributed by atoms with van der Waals surface area (Å²) >= 11 is 0. The lowest BCUT2D eigenvalue weighted by molar-refractivity contribution is 0.102. The van der Waals surface area contributed by atoms with Crippen LogP contribution in [-0.4, -0.2) is 29.9 Å². The number of anilines is 1. The molecule has 0 aliphatic carbocycles. The number of hydrogen-bond acceptors (Lipinski definition) is 4. The second kappa shape index (κ2) is 7.74. The Hall–Kier alpha value is -3.28. The number of aromatic nitrogens is 2. The van der Waals surface area contributed by atoms with E-state index < -0.39 is 0 Å². The molecule has 6 nitrogen and oxygen atoms in total. The summed E-state index contributed by atoms with van der Waals surface area (Å²) in [6.07, 6.45) is 1.84. The van der Waals surface area contributed by atoms with Crippen LogP contribution in [0, 0.1) is 6.92 Å². The van der Waals surface area contributed by atoms with Gasteiger partial charge < -0.3 is 14.8 Å². The fraction of sp³-hybridized carbons (Fsp3) is 0.200. The zero-order valence-electron chi connectivity index (χ0n) is 15.0. The number of carbonyl (C=O) groups excluding carboxylic acids is 1. The standard InChI is InChI=1S/C20H21N3O3/c1-14-5-4-6-15(11-14)13-23-10-9-19(22-23)21-20(24)16-7-8-17(25-2)18(12-16)26-3/h4-12H,13H2,1-3H3,(H,21,22,24). The molecule has 0 bridgehead atoms. The van der Waals surface area contributed by atoms with Gasteiger partial charge in [0.1, 0.15) is 0 Å². The number of carbonyl (C=O) groups is 1. The van der Waals surface area contributed by atoms with Gasteiger partial charge in [0.25, 0.3) is 5.91 Å². The summed E-state index contributed by atoms with van der Waals surface area (Å²) in [7, 11) is 3.09. The van der Waals surface area contributed by atoms with Gasteiger partial charge in [-0.1, -0.05) is 29.8 Å². The lowest BCUT2D eigenvalue weighted by Crippen LogP contribution is -2.13. The quantitative estimate of drug-likeness (QED) is 0.738. The van der Waals surface area contributed by atoms with Crippen molar-refractivity contribution in [1.29, 1.82) is 0 Å². The number of benzene rings is 2. The molecule has 0 unspecified atom stereocenters. The van der Waals surface area contributed by atoms with Crippen molar-refractivity contribution in [3.63, 3.8) is 0 Å². The molecule has 0 saturated carbocycles. The average Bonchev–Trinajstić information content (AvgIpc) is 3.07. The van der Waals surface area contributed by atoms with E-state index in [2.05, 4.69) is 35.5 Å². The topological polar surface area (TPSA) is 65.4 Å². The molecule has 0 aliphatic heterocycles. The van der Waals surface area contributed by atoms with Crippen LogP contribution in [0.1, 0.15) is 21.5 Å². The summed E-state index contributed by atoms with van der Waals surface area (Å²) in [6.45, 7) is 2.70. The van der Waals surface area contributed by atoms with Crippen LogP contribution in [0.15, 0.2) is 54.7 Å². The van der Waals surface area contributed by atoms with Gasteiger partial charge in [0.05, 0.1) is 20.8 Å². The van der Waals surface area contributed by atoms with Crippen molar-refractivity contribution >= 4 is 11.7 Å². The molecule has 0 spiro atoms. The average molecular weight is 351 g/mol. The van der Waals surface area contributed by atoms with Crippen molar-refractivity contribution in [2.75, 3.05) is 19.5 Å². The van der Waals surface area contributed by atoms with Crippen LogP contribution in [0.5, 0.6) is 11.5 Å². The molecule has 6 heteroatoms. The molecule has 0 saturated heterocycles. The summed E-state index contributed by atoms with van der Waals surface area (Å²) in [5.41, 5.74) is 2.83. The first-order valence-electron chi connectivity index (χ1n) is 8.21. The predicted molar refractivity (Wildman–Crippen MR) is 100 cm³/mol. The number of nitrogens with zero attached hydrogens (tertiary/aromatic N) is 2. The zero-order chi connectivity index (χ0) is 18.5. The van der Waals surface area contributed by atoms with Crippen LogP contribution < -0.4 is 14.8 Å². The number of ether oxygens (including phenoxy) is 2. The van der Waals surface area contributed by atoms with E-state index in [1.807, 2.05) is 12.3 Å². The van der Waals surface area contributed by atoms with E-state index in [1.54, 1.807) is 36.1 Å². The Morgan fingerprint density at radius 3 is 2.62 bits per heavy atom. The van der Waals surface area contributed by atoms with Crippen LogP contribution in [0.2, 0.25) is 0 Å². The Kier molecular flexibility index (Phi) is 5.22. The highest BCUT2D eigenvalue weighted by Crippen LogP contribution is 2.27. The molecule has 0 atom stereocenters. The van der Waals surface area contributed by atoms with E-state index in [9.17, 15) is 4.79 Å². The Morgan fingerprint density at radius 1 is 1.08 bits per heavy atom. The lowest BCUT2D eigenvalue weighted by atomic mass is 10.1. The predicted octanol–water partition coefficient (Wildman–Crippen LogP) is 3.51. The molecule has 1 amide bonds. The van der Waals surface area contributed by atoms with E-state index in [1.165, 1.54) is 12.7 Å². The largest absolute Gasteiger partial charge is 0.493 e. The number of hydrogen-bond donors (Lipinski definition) is 1.